The molecule has 0 amide bonds. The Balaban J connectivity index is 2.09. The van der Waals surface area contributed by atoms with Gasteiger partial charge in [0, 0.05) is 6.04 Å². The Kier molecular flexibility index (Phi) is 3.16. The van der Waals surface area contributed by atoms with Crippen LogP contribution in [0.25, 0.3) is 0 Å². The molecule has 0 aromatic heterocycles. The van der Waals surface area contributed by atoms with Crippen molar-refractivity contribution in [3.8, 4) is 0 Å². The fourth-order valence-corrected chi connectivity index (χ4v) is 3.06. The molecule has 1 aromatic carbocycles. The summed E-state index contributed by atoms with van der Waals surface area (Å²) in [5, 5.41) is 4.40. The highest BCUT2D eigenvalue weighted by atomic mass is 35.5. The second kappa shape index (κ2) is 4.29. The molecule has 2 unspecified atom stereocenters. The van der Waals surface area contributed by atoms with E-state index in [4.69, 9.17) is 11.6 Å². The Bertz CT molecular complexity index is 373. The summed E-state index contributed by atoms with van der Waals surface area (Å²) >= 11 is 6.16. The standard InChI is InChI=1S/C14H20ClN/c1-10-8-14(2,3)9-13(10)16-12-7-5-4-6-11(12)15/h4-7,10,13,16H,8-9H2,1-3H3. The predicted molar refractivity (Wildman–Crippen MR) is 71.0 cm³/mol. The van der Waals surface area contributed by atoms with Crippen LogP contribution < -0.4 is 5.32 Å². The first-order chi connectivity index (χ1) is 7.48. The van der Waals surface area contributed by atoms with Gasteiger partial charge >= 0.3 is 0 Å². The van der Waals surface area contributed by atoms with Gasteiger partial charge in [-0.3, -0.25) is 0 Å². The van der Waals surface area contributed by atoms with Crippen molar-refractivity contribution in [2.24, 2.45) is 11.3 Å². The quantitative estimate of drug-likeness (QED) is 0.794. The van der Waals surface area contributed by atoms with E-state index in [1.165, 1.54) is 12.8 Å². The van der Waals surface area contributed by atoms with Gasteiger partial charge in [0.05, 0.1) is 10.7 Å². The Morgan fingerprint density at radius 2 is 1.94 bits per heavy atom. The number of rotatable bonds is 2. The Labute approximate surface area is 103 Å². The molecule has 16 heavy (non-hydrogen) atoms. The summed E-state index contributed by atoms with van der Waals surface area (Å²) in [6.07, 6.45) is 2.51. The first-order valence-corrected chi connectivity index (χ1v) is 6.37. The number of nitrogens with one attached hydrogen (secondary N) is 1. The lowest BCUT2D eigenvalue weighted by Gasteiger charge is -2.20. The Hall–Kier alpha value is -0.690. The summed E-state index contributed by atoms with van der Waals surface area (Å²) < 4.78 is 0. The van der Waals surface area contributed by atoms with Crippen LogP contribution in [0.4, 0.5) is 5.69 Å². The molecule has 2 atom stereocenters. The lowest BCUT2D eigenvalue weighted by molar-refractivity contribution is 0.366. The summed E-state index contributed by atoms with van der Waals surface area (Å²) in [6, 6.07) is 8.54. The van der Waals surface area contributed by atoms with E-state index in [0.29, 0.717) is 17.4 Å². The summed E-state index contributed by atoms with van der Waals surface area (Å²) in [5.41, 5.74) is 1.52. The third-order valence-corrected chi connectivity index (χ3v) is 3.88. The molecule has 2 heteroatoms. The van der Waals surface area contributed by atoms with Crippen LogP contribution in [-0.4, -0.2) is 6.04 Å². The fourth-order valence-electron chi connectivity index (χ4n) is 2.87. The molecular weight excluding hydrogens is 218 g/mol. The highest BCUT2D eigenvalue weighted by Crippen LogP contribution is 2.42. The van der Waals surface area contributed by atoms with E-state index < -0.39 is 0 Å². The van der Waals surface area contributed by atoms with E-state index in [2.05, 4.69) is 32.2 Å². The van der Waals surface area contributed by atoms with E-state index >= 15 is 0 Å². The molecule has 1 saturated carbocycles. The van der Waals surface area contributed by atoms with Gasteiger partial charge in [0.2, 0.25) is 0 Å². The summed E-state index contributed by atoms with van der Waals surface area (Å²) in [4.78, 5) is 0. The van der Waals surface area contributed by atoms with Crippen LogP contribution in [0.1, 0.15) is 33.6 Å². The smallest absolute Gasteiger partial charge is 0.0637 e. The van der Waals surface area contributed by atoms with Gasteiger partial charge in [0.25, 0.3) is 0 Å². The monoisotopic (exact) mass is 237 g/mol. The number of benzene rings is 1. The molecule has 1 fully saturated rings. The maximum Gasteiger partial charge on any atom is 0.0637 e. The highest BCUT2D eigenvalue weighted by Gasteiger charge is 2.36. The molecule has 1 aliphatic carbocycles. The lowest BCUT2D eigenvalue weighted by Crippen LogP contribution is -2.22. The van der Waals surface area contributed by atoms with Crippen LogP contribution in [0.3, 0.4) is 0 Å². The van der Waals surface area contributed by atoms with Gasteiger partial charge in [-0.05, 0) is 36.3 Å². The molecule has 1 aliphatic rings. The number of halogens is 1. The third-order valence-electron chi connectivity index (χ3n) is 3.55. The predicted octanol–water partition coefficient (Wildman–Crippen LogP) is 4.58. The summed E-state index contributed by atoms with van der Waals surface area (Å²) in [5.74, 6) is 0.714. The Morgan fingerprint density at radius 1 is 1.25 bits per heavy atom. The molecule has 0 saturated heterocycles. The molecule has 0 aliphatic heterocycles. The van der Waals surface area contributed by atoms with Crippen LogP contribution in [0.5, 0.6) is 0 Å². The second-order valence-electron chi connectivity index (χ2n) is 5.78. The van der Waals surface area contributed by atoms with Crippen molar-refractivity contribution in [1.29, 1.82) is 0 Å². The van der Waals surface area contributed by atoms with Crippen LogP contribution in [-0.2, 0) is 0 Å². The van der Waals surface area contributed by atoms with E-state index in [1.807, 2.05) is 18.2 Å². The van der Waals surface area contributed by atoms with Crippen molar-refractivity contribution in [3.63, 3.8) is 0 Å². The topological polar surface area (TPSA) is 12.0 Å². The van der Waals surface area contributed by atoms with Gasteiger partial charge in [0.1, 0.15) is 0 Å². The number of anilines is 1. The average Bonchev–Trinajstić information content (AvgIpc) is 2.44. The number of para-hydroxylation sites is 1. The van der Waals surface area contributed by atoms with Gasteiger partial charge in [-0.15, -0.1) is 0 Å². The highest BCUT2D eigenvalue weighted by molar-refractivity contribution is 6.33. The van der Waals surface area contributed by atoms with Gasteiger partial charge < -0.3 is 5.32 Å². The Morgan fingerprint density at radius 3 is 2.50 bits per heavy atom. The fraction of sp³-hybridized carbons (Fsp3) is 0.571. The first kappa shape index (κ1) is 11.8. The van der Waals surface area contributed by atoms with Gasteiger partial charge in [0.15, 0.2) is 0 Å². The van der Waals surface area contributed by atoms with Crippen LogP contribution in [0.15, 0.2) is 24.3 Å². The molecule has 88 valence electrons. The van der Waals surface area contributed by atoms with Crippen LogP contribution >= 0.6 is 11.6 Å². The van der Waals surface area contributed by atoms with E-state index in [9.17, 15) is 0 Å². The average molecular weight is 238 g/mol. The molecule has 1 nitrogen and oxygen atoms in total. The third kappa shape index (κ3) is 2.52. The lowest BCUT2D eigenvalue weighted by atomic mass is 9.91. The van der Waals surface area contributed by atoms with Crippen molar-refractivity contribution in [3.05, 3.63) is 29.3 Å². The van der Waals surface area contributed by atoms with E-state index in [-0.39, 0.29) is 0 Å². The minimum atomic E-state index is 0.457. The molecule has 0 spiro atoms. The van der Waals surface area contributed by atoms with Gasteiger partial charge in [-0.2, -0.15) is 0 Å². The molecule has 2 rings (SSSR count). The molecule has 0 radical (unpaired) electrons. The first-order valence-electron chi connectivity index (χ1n) is 5.99. The van der Waals surface area contributed by atoms with Crippen LogP contribution in [0.2, 0.25) is 5.02 Å². The summed E-state index contributed by atoms with van der Waals surface area (Å²) in [7, 11) is 0. The van der Waals surface area contributed by atoms with E-state index in [1.54, 1.807) is 0 Å². The number of hydrogen-bond acceptors (Lipinski definition) is 1. The zero-order valence-electron chi connectivity index (χ0n) is 10.3. The normalized spacial score (nSPS) is 28.0. The van der Waals surface area contributed by atoms with Crippen molar-refractivity contribution >= 4 is 17.3 Å². The molecular formula is C14H20ClN. The zero-order valence-corrected chi connectivity index (χ0v) is 11.0. The maximum absolute atomic E-state index is 6.16. The number of hydrogen-bond donors (Lipinski definition) is 1. The SMILES string of the molecule is CC1CC(C)(C)CC1Nc1ccccc1Cl. The minimum absolute atomic E-state index is 0.457. The molecule has 1 N–H and O–H groups in total. The second-order valence-corrected chi connectivity index (χ2v) is 6.19. The van der Waals surface area contributed by atoms with Crippen molar-refractivity contribution in [2.45, 2.75) is 39.7 Å². The van der Waals surface area contributed by atoms with Crippen LogP contribution in [0, 0.1) is 11.3 Å². The maximum atomic E-state index is 6.16. The molecule has 0 bridgehead atoms. The van der Waals surface area contributed by atoms with Crippen molar-refractivity contribution in [2.75, 3.05) is 5.32 Å². The van der Waals surface area contributed by atoms with Crippen molar-refractivity contribution < 1.29 is 0 Å². The zero-order chi connectivity index (χ0) is 11.8. The van der Waals surface area contributed by atoms with E-state index in [0.717, 1.165) is 10.7 Å². The van der Waals surface area contributed by atoms with Gasteiger partial charge in [-0.25, -0.2) is 0 Å². The molecule has 1 aromatic rings. The van der Waals surface area contributed by atoms with Crippen molar-refractivity contribution in [1.82, 2.24) is 0 Å². The van der Waals surface area contributed by atoms with Gasteiger partial charge in [-0.1, -0.05) is 44.5 Å². The minimum Gasteiger partial charge on any atom is -0.381 e. The molecule has 0 heterocycles. The largest absolute Gasteiger partial charge is 0.381 e. The summed E-state index contributed by atoms with van der Waals surface area (Å²) in [6.45, 7) is 7.01.